The normalized spacial score (nSPS) is 23.4. The molecule has 2 amide bonds. The van der Waals surface area contributed by atoms with Crippen LogP contribution in [0.15, 0.2) is 36.4 Å². The van der Waals surface area contributed by atoms with Crippen molar-refractivity contribution in [3.05, 3.63) is 57.6 Å². The summed E-state index contributed by atoms with van der Waals surface area (Å²) in [7, 11) is 1.42. The molecular weight excluding hydrogens is 640 g/mol. The molecule has 5 rings (SSSR count). The highest BCUT2D eigenvalue weighted by Gasteiger charge is 2.42. The van der Waals surface area contributed by atoms with Crippen molar-refractivity contribution < 1.29 is 36.2 Å². The zero-order valence-corrected chi connectivity index (χ0v) is 26.6. The summed E-state index contributed by atoms with van der Waals surface area (Å²) in [6.45, 7) is 0.873. The molecule has 0 spiro atoms. The number of hydrogen-bond acceptors (Lipinski definition) is 6. The van der Waals surface area contributed by atoms with Gasteiger partial charge in [-0.1, -0.05) is 35.3 Å². The van der Waals surface area contributed by atoms with Gasteiger partial charge in [0.25, 0.3) is 5.91 Å². The minimum absolute atomic E-state index is 0.0668. The Labute approximate surface area is 269 Å². The van der Waals surface area contributed by atoms with Crippen LogP contribution in [0.1, 0.15) is 60.9 Å². The molecule has 0 bridgehead atoms. The lowest BCUT2D eigenvalue weighted by Gasteiger charge is -2.34. The Balaban J connectivity index is 1.17. The summed E-state index contributed by atoms with van der Waals surface area (Å²) in [4.78, 5) is 34.3. The maximum absolute atomic E-state index is 13.4. The SMILES string of the molecule is COOSOC1CCC(N2CC[C@@H](Cc3c(Cl)cc(-c4ccc(C(=O)N5CCC(C(F)(F)F)CC5)cc4)cc3Cl)C2=O)CC1. The van der Waals surface area contributed by atoms with Crippen LogP contribution in [0.2, 0.25) is 10.0 Å². The molecule has 240 valence electrons. The minimum Gasteiger partial charge on any atom is -0.339 e. The van der Waals surface area contributed by atoms with E-state index >= 15 is 0 Å². The van der Waals surface area contributed by atoms with E-state index in [1.54, 1.807) is 24.3 Å². The standard InChI is InChI=1S/C31H35Cl2F3N2O5S/c1-41-43-44-42-25-8-6-24(7-9-25)38-15-10-21(30(38)40)16-26-27(32)17-22(18-28(26)33)19-2-4-20(5-3-19)29(39)37-13-11-23(12-14-37)31(34,35)36/h2-5,17-18,21,23-25H,6-16H2,1H3/t21-,24?,25?/m0/s1. The summed E-state index contributed by atoms with van der Waals surface area (Å²) in [6, 6.07) is 10.7. The van der Waals surface area contributed by atoms with E-state index in [1.807, 2.05) is 17.0 Å². The second-order valence-corrected chi connectivity index (χ2v) is 12.9. The first-order valence-electron chi connectivity index (χ1n) is 14.8. The zero-order chi connectivity index (χ0) is 31.4. The lowest BCUT2D eigenvalue weighted by Crippen LogP contribution is -2.42. The van der Waals surface area contributed by atoms with Crippen LogP contribution in [0.4, 0.5) is 13.2 Å². The van der Waals surface area contributed by atoms with Crippen LogP contribution < -0.4 is 0 Å². The second-order valence-electron chi connectivity index (χ2n) is 11.7. The first-order valence-corrected chi connectivity index (χ1v) is 16.2. The fourth-order valence-electron chi connectivity index (χ4n) is 6.48. The summed E-state index contributed by atoms with van der Waals surface area (Å²) in [6.07, 6.45) is 0.296. The maximum Gasteiger partial charge on any atom is 0.391 e. The van der Waals surface area contributed by atoms with Crippen LogP contribution in [0.5, 0.6) is 0 Å². The van der Waals surface area contributed by atoms with Crippen molar-refractivity contribution in [3.63, 3.8) is 0 Å². The Morgan fingerprint density at radius 2 is 1.57 bits per heavy atom. The zero-order valence-electron chi connectivity index (χ0n) is 24.3. The number of piperidine rings is 1. The van der Waals surface area contributed by atoms with Gasteiger partial charge in [-0.3, -0.25) is 13.8 Å². The Hall–Kier alpha value is -2.02. The van der Waals surface area contributed by atoms with Gasteiger partial charge in [-0.2, -0.15) is 13.2 Å². The van der Waals surface area contributed by atoms with Crippen LogP contribution in [-0.2, 0) is 24.6 Å². The molecule has 0 N–H and O–H groups in total. The van der Waals surface area contributed by atoms with E-state index in [9.17, 15) is 22.8 Å². The fraction of sp³-hybridized carbons (Fsp3) is 0.548. The van der Waals surface area contributed by atoms with E-state index in [0.717, 1.165) is 61.1 Å². The number of halogens is 5. The van der Waals surface area contributed by atoms with Gasteiger partial charge in [-0.15, -0.1) is 4.33 Å². The van der Waals surface area contributed by atoms with Gasteiger partial charge in [-0.25, -0.2) is 4.89 Å². The lowest BCUT2D eigenvalue weighted by atomic mass is 9.92. The highest BCUT2D eigenvalue weighted by molar-refractivity contribution is 7.89. The highest BCUT2D eigenvalue weighted by atomic mass is 35.5. The third kappa shape index (κ3) is 7.85. The lowest BCUT2D eigenvalue weighted by molar-refractivity contribution is -0.183. The van der Waals surface area contributed by atoms with Gasteiger partial charge in [0.1, 0.15) is 0 Å². The molecular formula is C31H35Cl2F3N2O5S. The van der Waals surface area contributed by atoms with Gasteiger partial charge in [0.15, 0.2) is 12.3 Å². The molecule has 2 aromatic carbocycles. The molecule has 7 nitrogen and oxygen atoms in total. The average Bonchev–Trinajstić information content (AvgIpc) is 3.38. The summed E-state index contributed by atoms with van der Waals surface area (Å²) in [5.74, 6) is -1.70. The number of amides is 2. The number of alkyl halides is 3. The number of carbonyl (C=O) groups excluding carboxylic acids is 2. The van der Waals surface area contributed by atoms with Gasteiger partial charge >= 0.3 is 6.18 Å². The Morgan fingerprint density at radius 3 is 2.16 bits per heavy atom. The molecule has 0 aromatic heterocycles. The number of likely N-dealkylation sites (tertiary alicyclic amines) is 2. The van der Waals surface area contributed by atoms with Crippen LogP contribution in [0.3, 0.4) is 0 Å². The highest BCUT2D eigenvalue weighted by Crippen LogP contribution is 2.38. The fourth-order valence-corrected chi connectivity index (χ4v) is 7.51. The molecule has 2 aromatic rings. The predicted octanol–water partition coefficient (Wildman–Crippen LogP) is 7.93. The molecule has 3 fully saturated rings. The molecule has 2 aliphatic heterocycles. The van der Waals surface area contributed by atoms with Crippen molar-refractivity contribution in [2.24, 2.45) is 11.8 Å². The van der Waals surface area contributed by atoms with Crippen LogP contribution in [-0.4, -0.2) is 66.7 Å². The van der Waals surface area contributed by atoms with Crippen LogP contribution in [0, 0.1) is 11.8 Å². The van der Waals surface area contributed by atoms with E-state index in [-0.39, 0.29) is 55.8 Å². The number of rotatable bonds is 9. The van der Waals surface area contributed by atoms with E-state index in [4.69, 9.17) is 31.7 Å². The number of hydrogen-bond donors (Lipinski definition) is 0. The number of carbonyl (C=O) groups is 2. The largest absolute Gasteiger partial charge is 0.391 e. The molecule has 1 aliphatic carbocycles. The first kappa shape index (κ1) is 33.3. The second kappa shape index (κ2) is 14.6. The summed E-state index contributed by atoms with van der Waals surface area (Å²) in [5.41, 5.74) is 2.71. The molecule has 2 saturated heterocycles. The number of nitrogens with zero attached hydrogens (tertiary/aromatic N) is 2. The van der Waals surface area contributed by atoms with Crippen LogP contribution >= 0.6 is 35.5 Å². The predicted molar refractivity (Wildman–Crippen MR) is 163 cm³/mol. The topological polar surface area (TPSA) is 68.3 Å². The van der Waals surface area contributed by atoms with Crippen molar-refractivity contribution in [1.82, 2.24) is 9.80 Å². The summed E-state index contributed by atoms with van der Waals surface area (Å²) < 4.78 is 49.2. The first-order chi connectivity index (χ1) is 21.0. The van der Waals surface area contributed by atoms with Gasteiger partial charge in [0, 0.05) is 47.2 Å². The average molecular weight is 676 g/mol. The Bertz CT molecular complexity index is 1290. The molecule has 0 radical (unpaired) electrons. The molecule has 3 aliphatic rings. The smallest absolute Gasteiger partial charge is 0.339 e. The van der Waals surface area contributed by atoms with Gasteiger partial charge < -0.3 is 9.80 Å². The quantitative estimate of drug-likeness (QED) is 0.116. The third-order valence-electron chi connectivity index (χ3n) is 9.01. The summed E-state index contributed by atoms with van der Waals surface area (Å²) in [5, 5.41) is 0.944. The maximum atomic E-state index is 13.4. The van der Waals surface area contributed by atoms with E-state index in [1.165, 1.54) is 12.0 Å². The Kier molecular flexibility index (Phi) is 11.1. The van der Waals surface area contributed by atoms with E-state index in [2.05, 4.69) is 4.89 Å². The van der Waals surface area contributed by atoms with Crippen LogP contribution in [0.25, 0.3) is 11.1 Å². The molecule has 1 atom stereocenters. The van der Waals surface area contributed by atoms with Crippen molar-refractivity contribution in [3.8, 4) is 11.1 Å². The van der Waals surface area contributed by atoms with Crippen molar-refractivity contribution in [2.45, 2.75) is 69.7 Å². The minimum atomic E-state index is -4.22. The van der Waals surface area contributed by atoms with Crippen molar-refractivity contribution in [2.75, 3.05) is 26.7 Å². The third-order valence-corrected chi connectivity index (χ3v) is 10.2. The molecule has 44 heavy (non-hydrogen) atoms. The molecule has 0 unspecified atom stereocenters. The van der Waals surface area contributed by atoms with E-state index in [0.29, 0.717) is 28.6 Å². The molecule has 1 saturated carbocycles. The van der Waals surface area contributed by atoms with Gasteiger partial charge in [0.05, 0.1) is 19.1 Å². The summed E-state index contributed by atoms with van der Waals surface area (Å²) >= 11 is 14.2. The molecule has 13 heteroatoms. The van der Waals surface area contributed by atoms with Crippen molar-refractivity contribution in [1.29, 1.82) is 0 Å². The van der Waals surface area contributed by atoms with Gasteiger partial charge in [-0.05, 0) is 92.3 Å². The monoisotopic (exact) mass is 674 g/mol. The Morgan fingerprint density at radius 1 is 0.932 bits per heavy atom. The van der Waals surface area contributed by atoms with Crippen molar-refractivity contribution >= 4 is 47.3 Å². The number of benzene rings is 2. The van der Waals surface area contributed by atoms with E-state index < -0.39 is 12.1 Å². The molecule has 2 heterocycles. The van der Waals surface area contributed by atoms with Gasteiger partial charge in [0.2, 0.25) is 5.91 Å².